The first-order valence-corrected chi connectivity index (χ1v) is 7.86. The molecule has 0 amide bonds. The van der Waals surface area contributed by atoms with Gasteiger partial charge in [-0.2, -0.15) is 0 Å². The average molecular weight is 299 g/mol. The summed E-state index contributed by atoms with van der Waals surface area (Å²) in [7, 11) is 0. The Labute approximate surface area is 126 Å². The number of halogens is 2. The van der Waals surface area contributed by atoms with E-state index in [1.807, 2.05) is 0 Å². The van der Waals surface area contributed by atoms with Crippen molar-refractivity contribution >= 4 is 0 Å². The summed E-state index contributed by atoms with van der Waals surface area (Å²) in [6.45, 7) is 8.19. The van der Waals surface area contributed by atoms with E-state index in [0.29, 0.717) is 18.0 Å². The van der Waals surface area contributed by atoms with Crippen LogP contribution in [-0.2, 0) is 0 Å². The Kier molecular flexibility index (Phi) is 7.83. The molecular formula is C17H27F2NO. The summed E-state index contributed by atoms with van der Waals surface area (Å²) in [6.07, 6.45) is 2.95. The average Bonchev–Trinajstić information content (AvgIpc) is 2.45. The van der Waals surface area contributed by atoms with Crippen molar-refractivity contribution in [2.45, 2.75) is 58.6 Å². The second kappa shape index (κ2) is 9.11. The van der Waals surface area contributed by atoms with Gasteiger partial charge in [0.15, 0.2) is 0 Å². The third kappa shape index (κ3) is 6.10. The van der Waals surface area contributed by atoms with E-state index in [9.17, 15) is 13.9 Å². The zero-order valence-corrected chi connectivity index (χ0v) is 13.3. The summed E-state index contributed by atoms with van der Waals surface area (Å²) < 4.78 is 26.4. The van der Waals surface area contributed by atoms with E-state index in [2.05, 4.69) is 25.7 Å². The molecule has 1 aromatic rings. The van der Waals surface area contributed by atoms with E-state index in [0.717, 1.165) is 38.4 Å². The van der Waals surface area contributed by atoms with Gasteiger partial charge in [-0.05, 0) is 50.4 Å². The predicted octanol–water partition coefficient (Wildman–Crippen LogP) is 4.29. The van der Waals surface area contributed by atoms with Crippen molar-refractivity contribution in [2.24, 2.45) is 0 Å². The largest absolute Gasteiger partial charge is 0.388 e. The van der Waals surface area contributed by atoms with Crippen molar-refractivity contribution in [3.63, 3.8) is 0 Å². The molecule has 0 radical (unpaired) electrons. The highest BCUT2D eigenvalue weighted by atomic mass is 19.1. The summed E-state index contributed by atoms with van der Waals surface area (Å²) in [6, 6.07) is 3.68. The lowest BCUT2D eigenvalue weighted by Crippen LogP contribution is -2.35. The van der Waals surface area contributed by atoms with Crippen LogP contribution in [0, 0.1) is 11.6 Å². The number of hydrogen-bond acceptors (Lipinski definition) is 2. The van der Waals surface area contributed by atoms with Crippen LogP contribution in [0.5, 0.6) is 0 Å². The molecule has 0 saturated heterocycles. The van der Waals surface area contributed by atoms with Gasteiger partial charge in [-0.1, -0.05) is 20.3 Å². The van der Waals surface area contributed by atoms with Gasteiger partial charge >= 0.3 is 0 Å². The Bertz CT molecular complexity index is 405. The molecule has 2 atom stereocenters. The monoisotopic (exact) mass is 299 g/mol. The minimum atomic E-state index is -0.830. The third-order valence-corrected chi connectivity index (χ3v) is 3.97. The summed E-state index contributed by atoms with van der Waals surface area (Å²) in [5.74, 6) is -1.29. The number of unbranched alkanes of at least 4 members (excludes halogenated alkanes) is 1. The molecule has 0 spiro atoms. The van der Waals surface area contributed by atoms with Crippen molar-refractivity contribution in [3.8, 4) is 0 Å². The van der Waals surface area contributed by atoms with Crippen LogP contribution < -0.4 is 0 Å². The normalized spacial score (nSPS) is 14.4. The lowest BCUT2D eigenvalue weighted by atomic mass is 10.0. The maximum absolute atomic E-state index is 13.2. The predicted molar refractivity (Wildman–Crippen MR) is 82.2 cm³/mol. The third-order valence-electron chi connectivity index (χ3n) is 3.97. The maximum Gasteiger partial charge on any atom is 0.126 e. The van der Waals surface area contributed by atoms with Gasteiger partial charge in [-0.15, -0.1) is 0 Å². The van der Waals surface area contributed by atoms with Crippen molar-refractivity contribution < 1.29 is 13.9 Å². The molecule has 0 aromatic heterocycles. The molecule has 0 aliphatic rings. The van der Waals surface area contributed by atoms with Crippen LogP contribution in [-0.4, -0.2) is 29.1 Å². The molecule has 2 unspecified atom stereocenters. The molecule has 120 valence electrons. The highest BCUT2D eigenvalue weighted by molar-refractivity contribution is 5.20. The highest BCUT2D eigenvalue weighted by Gasteiger charge is 2.16. The van der Waals surface area contributed by atoms with Crippen LogP contribution in [0.3, 0.4) is 0 Å². The number of aliphatic hydroxyl groups excluding tert-OH is 1. The van der Waals surface area contributed by atoms with Crippen LogP contribution in [0.2, 0.25) is 0 Å². The number of nitrogens with zero attached hydrogens (tertiary/aromatic N) is 1. The van der Waals surface area contributed by atoms with Gasteiger partial charge in [-0.25, -0.2) is 8.78 Å². The Morgan fingerprint density at radius 3 is 2.24 bits per heavy atom. The maximum atomic E-state index is 13.2. The smallest absolute Gasteiger partial charge is 0.126 e. The second-order valence-electron chi connectivity index (χ2n) is 5.65. The van der Waals surface area contributed by atoms with Gasteiger partial charge in [0.25, 0.3) is 0 Å². The van der Waals surface area contributed by atoms with Gasteiger partial charge in [0.1, 0.15) is 11.6 Å². The highest BCUT2D eigenvalue weighted by Crippen LogP contribution is 2.20. The van der Waals surface area contributed by atoms with Gasteiger partial charge in [0.2, 0.25) is 0 Å². The van der Waals surface area contributed by atoms with Crippen molar-refractivity contribution in [2.75, 3.05) is 13.1 Å². The minimum absolute atomic E-state index is 0.312. The molecular weight excluding hydrogens is 272 g/mol. The zero-order chi connectivity index (χ0) is 15.8. The topological polar surface area (TPSA) is 23.5 Å². The van der Waals surface area contributed by atoms with E-state index in [-0.39, 0.29) is 0 Å². The Morgan fingerprint density at radius 2 is 1.71 bits per heavy atom. The van der Waals surface area contributed by atoms with Crippen molar-refractivity contribution in [3.05, 3.63) is 35.4 Å². The van der Waals surface area contributed by atoms with Gasteiger partial charge in [0, 0.05) is 18.7 Å². The Hall–Kier alpha value is -1.00. The van der Waals surface area contributed by atoms with Gasteiger partial charge in [0.05, 0.1) is 6.10 Å². The van der Waals surface area contributed by atoms with E-state index in [4.69, 9.17) is 0 Å². The quantitative estimate of drug-likeness (QED) is 0.735. The minimum Gasteiger partial charge on any atom is -0.388 e. The van der Waals surface area contributed by atoms with Crippen LogP contribution in [0.4, 0.5) is 8.78 Å². The molecule has 0 aliphatic carbocycles. The van der Waals surface area contributed by atoms with E-state index >= 15 is 0 Å². The first-order chi connectivity index (χ1) is 9.97. The first kappa shape index (κ1) is 18.1. The molecule has 1 aromatic carbocycles. The fraction of sp³-hybridized carbons (Fsp3) is 0.647. The Morgan fingerprint density at radius 1 is 1.10 bits per heavy atom. The summed E-state index contributed by atoms with van der Waals surface area (Å²) in [5, 5.41) is 10.1. The Balaban J connectivity index is 2.61. The molecule has 4 heteroatoms. The molecule has 0 saturated carbocycles. The van der Waals surface area contributed by atoms with Crippen LogP contribution in [0.15, 0.2) is 18.2 Å². The number of rotatable bonds is 9. The lowest BCUT2D eigenvalue weighted by Gasteiger charge is -2.29. The second-order valence-corrected chi connectivity index (χ2v) is 5.65. The fourth-order valence-corrected chi connectivity index (χ4v) is 2.39. The number of benzene rings is 1. The molecule has 0 fully saturated rings. The molecule has 1 rings (SSSR count). The van der Waals surface area contributed by atoms with Crippen molar-refractivity contribution in [1.29, 1.82) is 0 Å². The molecule has 0 aliphatic heterocycles. The molecule has 21 heavy (non-hydrogen) atoms. The van der Waals surface area contributed by atoms with Gasteiger partial charge in [-0.3, -0.25) is 0 Å². The van der Waals surface area contributed by atoms with Crippen LogP contribution >= 0.6 is 0 Å². The summed E-state index contributed by atoms with van der Waals surface area (Å²) in [5.41, 5.74) is 0.312. The van der Waals surface area contributed by atoms with Crippen molar-refractivity contribution in [1.82, 2.24) is 4.90 Å². The lowest BCUT2D eigenvalue weighted by molar-refractivity contribution is 0.124. The van der Waals surface area contributed by atoms with Gasteiger partial charge < -0.3 is 10.0 Å². The zero-order valence-electron chi connectivity index (χ0n) is 13.3. The number of hydrogen-bond donors (Lipinski definition) is 1. The standard InChI is InChI=1S/C17H27F2NO/c1-4-6-8-20(13(3)5-2)9-7-17(21)14-10-15(18)12-16(19)11-14/h10-13,17,21H,4-9H2,1-3H3. The SMILES string of the molecule is CCCCN(CCC(O)c1cc(F)cc(F)c1)C(C)CC. The van der Waals surface area contributed by atoms with E-state index < -0.39 is 17.7 Å². The first-order valence-electron chi connectivity index (χ1n) is 7.86. The summed E-state index contributed by atoms with van der Waals surface area (Å²) >= 11 is 0. The fourth-order valence-electron chi connectivity index (χ4n) is 2.39. The van der Waals surface area contributed by atoms with E-state index in [1.165, 1.54) is 12.1 Å². The van der Waals surface area contributed by atoms with Crippen LogP contribution in [0.25, 0.3) is 0 Å². The molecule has 2 nitrogen and oxygen atoms in total. The van der Waals surface area contributed by atoms with E-state index in [1.54, 1.807) is 0 Å². The molecule has 1 N–H and O–H groups in total. The van der Waals surface area contributed by atoms with Crippen LogP contribution in [0.1, 0.15) is 58.1 Å². The summed E-state index contributed by atoms with van der Waals surface area (Å²) in [4.78, 5) is 2.34. The number of aliphatic hydroxyl groups is 1. The molecule has 0 heterocycles. The molecule has 0 bridgehead atoms.